The van der Waals surface area contributed by atoms with Crippen LogP contribution < -0.4 is 0 Å². The number of halogens is 2. The van der Waals surface area contributed by atoms with Crippen LogP contribution in [-0.2, 0) is 4.74 Å². The Bertz CT molecular complexity index is 881. The van der Waals surface area contributed by atoms with E-state index < -0.39 is 5.97 Å². The minimum atomic E-state index is -0.428. The molecule has 0 saturated heterocycles. The van der Waals surface area contributed by atoms with E-state index in [0.29, 0.717) is 32.5 Å². The van der Waals surface area contributed by atoms with E-state index in [4.69, 9.17) is 27.9 Å². The summed E-state index contributed by atoms with van der Waals surface area (Å²) in [5, 5.41) is 2.15. The van der Waals surface area contributed by atoms with Gasteiger partial charge in [-0.05, 0) is 18.2 Å². The summed E-state index contributed by atoms with van der Waals surface area (Å²) in [6.07, 6.45) is 1.62. The number of benzene rings is 1. The Balaban J connectivity index is 2.23. The first-order valence-electron chi connectivity index (χ1n) is 6.39. The maximum Gasteiger partial charge on any atom is 0.338 e. The lowest BCUT2D eigenvalue weighted by atomic mass is 10.0. The SMILES string of the molecule is COC(=O)c1ccccc1-c1cc2cnc(Cl)cc2c(Cl)n1. The van der Waals surface area contributed by atoms with Crippen LogP contribution in [0.5, 0.6) is 0 Å². The van der Waals surface area contributed by atoms with E-state index in [1.807, 2.05) is 12.1 Å². The van der Waals surface area contributed by atoms with Crippen molar-refractivity contribution < 1.29 is 9.53 Å². The molecule has 0 spiro atoms. The highest BCUT2D eigenvalue weighted by Crippen LogP contribution is 2.30. The number of carbonyl (C=O) groups is 1. The zero-order chi connectivity index (χ0) is 15.7. The Morgan fingerprint density at radius 1 is 1.18 bits per heavy atom. The number of hydrogen-bond donors (Lipinski definition) is 0. The third kappa shape index (κ3) is 2.63. The molecule has 2 aromatic heterocycles. The fraction of sp³-hybridized carbons (Fsp3) is 0.0625. The van der Waals surface area contributed by atoms with Crippen LogP contribution in [0.1, 0.15) is 10.4 Å². The third-order valence-electron chi connectivity index (χ3n) is 3.24. The van der Waals surface area contributed by atoms with Gasteiger partial charge in [0.15, 0.2) is 0 Å². The molecule has 1 aromatic carbocycles. The standard InChI is InChI=1S/C16H10Cl2N2O2/c1-22-16(21)11-5-3-2-4-10(11)13-6-9-8-19-14(17)7-12(9)15(18)20-13/h2-8H,1H3. The number of pyridine rings is 2. The summed E-state index contributed by atoms with van der Waals surface area (Å²) in [6, 6.07) is 10.5. The molecule has 0 saturated carbocycles. The molecule has 0 N–H and O–H groups in total. The molecular formula is C16H10Cl2N2O2. The van der Waals surface area contributed by atoms with Gasteiger partial charge in [0.1, 0.15) is 10.3 Å². The van der Waals surface area contributed by atoms with Crippen molar-refractivity contribution in [3.05, 3.63) is 58.5 Å². The Morgan fingerprint density at radius 2 is 1.95 bits per heavy atom. The molecule has 0 fully saturated rings. The van der Waals surface area contributed by atoms with E-state index in [0.717, 1.165) is 5.39 Å². The van der Waals surface area contributed by atoms with Crippen LogP contribution in [0.25, 0.3) is 22.0 Å². The maximum atomic E-state index is 11.9. The Hall–Kier alpha value is -2.17. The molecule has 0 bridgehead atoms. The van der Waals surface area contributed by atoms with Crippen LogP contribution in [-0.4, -0.2) is 23.0 Å². The van der Waals surface area contributed by atoms with Crippen LogP contribution in [0.3, 0.4) is 0 Å². The smallest absolute Gasteiger partial charge is 0.338 e. The summed E-state index contributed by atoms with van der Waals surface area (Å²) in [4.78, 5) is 20.3. The Morgan fingerprint density at radius 3 is 2.73 bits per heavy atom. The van der Waals surface area contributed by atoms with Gasteiger partial charge in [0.25, 0.3) is 0 Å². The van der Waals surface area contributed by atoms with Gasteiger partial charge < -0.3 is 4.74 Å². The van der Waals surface area contributed by atoms with Gasteiger partial charge in [-0.3, -0.25) is 0 Å². The Kier molecular flexibility index (Phi) is 3.96. The number of ether oxygens (including phenoxy) is 1. The molecule has 3 rings (SSSR count). The first kappa shape index (κ1) is 14.8. The van der Waals surface area contributed by atoms with Gasteiger partial charge in [0.05, 0.1) is 18.4 Å². The lowest BCUT2D eigenvalue weighted by molar-refractivity contribution is 0.0601. The second kappa shape index (κ2) is 5.91. The van der Waals surface area contributed by atoms with E-state index >= 15 is 0 Å². The van der Waals surface area contributed by atoms with Crippen LogP contribution in [0.15, 0.2) is 42.6 Å². The first-order chi connectivity index (χ1) is 10.6. The number of methoxy groups -OCH3 is 1. The van der Waals surface area contributed by atoms with Crippen molar-refractivity contribution >= 4 is 39.9 Å². The average molecular weight is 333 g/mol. The van der Waals surface area contributed by atoms with Gasteiger partial charge in [0, 0.05) is 22.5 Å². The second-order valence-corrected chi connectivity index (χ2v) is 5.31. The molecule has 0 radical (unpaired) electrons. The lowest BCUT2D eigenvalue weighted by Crippen LogP contribution is -2.04. The average Bonchev–Trinajstić information content (AvgIpc) is 2.54. The highest BCUT2D eigenvalue weighted by atomic mass is 35.5. The van der Waals surface area contributed by atoms with Crippen molar-refractivity contribution in [3.63, 3.8) is 0 Å². The summed E-state index contributed by atoms with van der Waals surface area (Å²) in [5.41, 5.74) is 1.64. The molecule has 0 amide bonds. The molecule has 0 aliphatic carbocycles. The summed E-state index contributed by atoms with van der Waals surface area (Å²) in [7, 11) is 1.34. The van der Waals surface area contributed by atoms with Gasteiger partial charge in [-0.1, -0.05) is 41.4 Å². The lowest BCUT2D eigenvalue weighted by Gasteiger charge is -2.09. The van der Waals surface area contributed by atoms with Crippen molar-refractivity contribution in [1.82, 2.24) is 9.97 Å². The number of nitrogens with zero attached hydrogens (tertiary/aromatic N) is 2. The number of rotatable bonds is 2. The molecule has 110 valence electrons. The zero-order valence-corrected chi connectivity index (χ0v) is 13.0. The maximum absolute atomic E-state index is 11.9. The van der Waals surface area contributed by atoms with Crippen molar-refractivity contribution in [3.8, 4) is 11.3 Å². The van der Waals surface area contributed by atoms with Crippen LogP contribution in [0.4, 0.5) is 0 Å². The largest absolute Gasteiger partial charge is 0.465 e. The molecule has 22 heavy (non-hydrogen) atoms. The summed E-state index contributed by atoms with van der Waals surface area (Å²) < 4.78 is 4.80. The first-order valence-corrected chi connectivity index (χ1v) is 7.15. The molecule has 6 heteroatoms. The number of esters is 1. The molecule has 0 atom stereocenters. The Labute approximate surface area is 136 Å². The van der Waals surface area contributed by atoms with Gasteiger partial charge >= 0.3 is 5.97 Å². The van der Waals surface area contributed by atoms with E-state index in [2.05, 4.69) is 9.97 Å². The second-order valence-electron chi connectivity index (χ2n) is 4.56. The predicted molar refractivity (Wildman–Crippen MR) is 86.3 cm³/mol. The molecule has 0 unspecified atom stereocenters. The molecule has 2 heterocycles. The molecular weight excluding hydrogens is 323 g/mol. The highest BCUT2D eigenvalue weighted by molar-refractivity contribution is 6.35. The van der Waals surface area contributed by atoms with Crippen LogP contribution in [0.2, 0.25) is 10.3 Å². The van der Waals surface area contributed by atoms with Gasteiger partial charge in [0.2, 0.25) is 0 Å². The fourth-order valence-electron chi connectivity index (χ4n) is 2.21. The quantitative estimate of drug-likeness (QED) is 0.515. The van der Waals surface area contributed by atoms with Crippen LogP contribution >= 0.6 is 23.2 Å². The third-order valence-corrected chi connectivity index (χ3v) is 3.74. The summed E-state index contributed by atoms with van der Waals surface area (Å²) in [5.74, 6) is -0.428. The van der Waals surface area contributed by atoms with E-state index in [1.54, 1.807) is 30.5 Å². The van der Waals surface area contributed by atoms with E-state index in [9.17, 15) is 4.79 Å². The predicted octanol–water partition coefficient (Wildman–Crippen LogP) is 4.39. The van der Waals surface area contributed by atoms with Crippen LogP contribution in [0, 0.1) is 0 Å². The molecule has 0 aliphatic heterocycles. The normalized spacial score (nSPS) is 10.7. The summed E-state index contributed by atoms with van der Waals surface area (Å²) in [6.45, 7) is 0. The number of carbonyl (C=O) groups excluding carboxylic acids is 1. The minimum absolute atomic E-state index is 0.302. The number of aromatic nitrogens is 2. The molecule has 4 nitrogen and oxygen atoms in total. The number of hydrogen-bond acceptors (Lipinski definition) is 4. The van der Waals surface area contributed by atoms with Crippen molar-refractivity contribution in [2.24, 2.45) is 0 Å². The van der Waals surface area contributed by atoms with Gasteiger partial charge in [-0.15, -0.1) is 0 Å². The summed E-state index contributed by atoms with van der Waals surface area (Å²) >= 11 is 12.1. The van der Waals surface area contributed by atoms with E-state index in [1.165, 1.54) is 7.11 Å². The molecule has 0 aliphatic rings. The highest BCUT2D eigenvalue weighted by Gasteiger charge is 2.15. The van der Waals surface area contributed by atoms with Gasteiger partial charge in [-0.25, -0.2) is 14.8 Å². The van der Waals surface area contributed by atoms with Gasteiger partial charge in [-0.2, -0.15) is 0 Å². The van der Waals surface area contributed by atoms with E-state index in [-0.39, 0.29) is 0 Å². The minimum Gasteiger partial charge on any atom is -0.465 e. The zero-order valence-electron chi connectivity index (χ0n) is 11.5. The monoisotopic (exact) mass is 332 g/mol. The molecule has 3 aromatic rings. The van der Waals surface area contributed by atoms with Crippen molar-refractivity contribution in [1.29, 1.82) is 0 Å². The number of fused-ring (bicyclic) bond motifs is 1. The van der Waals surface area contributed by atoms with Crippen molar-refractivity contribution in [2.45, 2.75) is 0 Å². The topological polar surface area (TPSA) is 52.1 Å². The fourth-order valence-corrected chi connectivity index (χ4v) is 2.62. The van der Waals surface area contributed by atoms with Crippen molar-refractivity contribution in [2.75, 3.05) is 7.11 Å².